The molecule has 0 bridgehead atoms. The average Bonchev–Trinajstić information content (AvgIpc) is 3.12. The average molecular weight is 437 g/mol. The minimum atomic E-state index is -0.412. The number of amides is 1. The quantitative estimate of drug-likeness (QED) is 0.549. The number of methoxy groups -OCH3 is 1. The van der Waals surface area contributed by atoms with E-state index in [2.05, 4.69) is 15.5 Å². The molecule has 1 heterocycles. The number of benzene rings is 2. The monoisotopic (exact) mass is 436 g/mol. The van der Waals surface area contributed by atoms with E-state index < -0.39 is 5.25 Å². The number of anilines is 1. The molecule has 0 aliphatic carbocycles. The SMILES string of the molecule is COc1ccc(NC(=O)C(C)Sc2nncn2-c2ccc(C)c(Cl)c2)cc1Cl. The number of carbonyl (C=O) groups excluding carboxylic acids is 1. The third-order valence-electron chi connectivity index (χ3n) is 4.02. The summed E-state index contributed by atoms with van der Waals surface area (Å²) in [5, 5.41) is 12.2. The number of aryl methyl sites for hydroxylation is 1. The Morgan fingerprint density at radius 1 is 1.21 bits per heavy atom. The lowest BCUT2D eigenvalue weighted by atomic mass is 10.2. The maximum absolute atomic E-state index is 12.6. The Balaban J connectivity index is 1.72. The van der Waals surface area contributed by atoms with E-state index in [1.165, 1.54) is 18.9 Å². The lowest BCUT2D eigenvalue weighted by Crippen LogP contribution is -2.22. The van der Waals surface area contributed by atoms with Crippen molar-refractivity contribution in [2.45, 2.75) is 24.3 Å². The number of ether oxygens (including phenoxy) is 1. The van der Waals surface area contributed by atoms with Gasteiger partial charge in [0.1, 0.15) is 12.1 Å². The summed E-state index contributed by atoms with van der Waals surface area (Å²) >= 11 is 13.6. The van der Waals surface area contributed by atoms with E-state index in [1.54, 1.807) is 36.0 Å². The summed E-state index contributed by atoms with van der Waals surface area (Å²) in [6.07, 6.45) is 1.59. The Morgan fingerprint density at radius 2 is 2.00 bits per heavy atom. The number of nitrogens with one attached hydrogen (secondary N) is 1. The number of hydrogen-bond acceptors (Lipinski definition) is 5. The van der Waals surface area contributed by atoms with Crippen molar-refractivity contribution < 1.29 is 9.53 Å². The van der Waals surface area contributed by atoms with Crippen LogP contribution in [0.3, 0.4) is 0 Å². The van der Waals surface area contributed by atoms with Gasteiger partial charge in [-0.15, -0.1) is 10.2 Å². The zero-order valence-corrected chi connectivity index (χ0v) is 17.8. The molecule has 6 nitrogen and oxygen atoms in total. The molecule has 0 saturated carbocycles. The van der Waals surface area contributed by atoms with E-state index in [-0.39, 0.29) is 5.91 Å². The topological polar surface area (TPSA) is 69.0 Å². The van der Waals surface area contributed by atoms with Crippen molar-refractivity contribution >= 4 is 46.6 Å². The molecule has 1 aromatic heterocycles. The lowest BCUT2D eigenvalue weighted by molar-refractivity contribution is -0.115. The third-order valence-corrected chi connectivity index (χ3v) is 5.78. The van der Waals surface area contributed by atoms with Gasteiger partial charge >= 0.3 is 0 Å². The van der Waals surface area contributed by atoms with E-state index in [0.29, 0.717) is 26.6 Å². The molecule has 2 aromatic carbocycles. The molecule has 1 amide bonds. The van der Waals surface area contributed by atoms with Crippen molar-refractivity contribution in [3.05, 3.63) is 58.3 Å². The van der Waals surface area contributed by atoms with Gasteiger partial charge in [0, 0.05) is 10.7 Å². The number of rotatable bonds is 6. The van der Waals surface area contributed by atoms with Crippen LogP contribution < -0.4 is 10.1 Å². The summed E-state index contributed by atoms with van der Waals surface area (Å²) in [7, 11) is 1.54. The van der Waals surface area contributed by atoms with Gasteiger partial charge in [-0.05, 0) is 49.7 Å². The first-order valence-corrected chi connectivity index (χ1v) is 10.00. The molecule has 28 heavy (non-hydrogen) atoms. The molecule has 9 heteroatoms. The highest BCUT2D eigenvalue weighted by molar-refractivity contribution is 8.00. The smallest absolute Gasteiger partial charge is 0.237 e. The van der Waals surface area contributed by atoms with Crippen LogP contribution in [0.15, 0.2) is 47.9 Å². The second-order valence-corrected chi connectivity index (χ2v) is 8.14. The van der Waals surface area contributed by atoms with Gasteiger partial charge in [0.2, 0.25) is 5.91 Å². The first kappa shape index (κ1) is 20.5. The maximum atomic E-state index is 12.6. The Kier molecular flexibility index (Phi) is 6.49. The van der Waals surface area contributed by atoms with Crippen molar-refractivity contribution in [2.75, 3.05) is 12.4 Å². The maximum Gasteiger partial charge on any atom is 0.237 e. The van der Waals surface area contributed by atoms with Crippen LogP contribution in [0.1, 0.15) is 12.5 Å². The van der Waals surface area contributed by atoms with Gasteiger partial charge in [-0.3, -0.25) is 9.36 Å². The minimum Gasteiger partial charge on any atom is -0.495 e. The largest absolute Gasteiger partial charge is 0.495 e. The van der Waals surface area contributed by atoms with E-state index >= 15 is 0 Å². The van der Waals surface area contributed by atoms with Crippen molar-refractivity contribution in [2.24, 2.45) is 0 Å². The molecule has 3 rings (SSSR count). The van der Waals surface area contributed by atoms with E-state index in [0.717, 1.165) is 11.3 Å². The highest BCUT2D eigenvalue weighted by atomic mass is 35.5. The summed E-state index contributed by atoms with van der Waals surface area (Å²) in [5.41, 5.74) is 2.41. The van der Waals surface area contributed by atoms with Crippen molar-refractivity contribution in [1.29, 1.82) is 0 Å². The van der Waals surface area contributed by atoms with Crippen LogP contribution >= 0.6 is 35.0 Å². The number of aromatic nitrogens is 3. The van der Waals surface area contributed by atoms with E-state index in [1.807, 2.05) is 25.1 Å². The molecule has 1 unspecified atom stereocenters. The van der Waals surface area contributed by atoms with Gasteiger partial charge in [-0.25, -0.2) is 0 Å². The number of thioether (sulfide) groups is 1. The summed E-state index contributed by atoms with van der Waals surface area (Å²) < 4.78 is 6.91. The lowest BCUT2D eigenvalue weighted by Gasteiger charge is -2.13. The summed E-state index contributed by atoms with van der Waals surface area (Å²) in [6, 6.07) is 10.8. The molecule has 1 atom stereocenters. The summed E-state index contributed by atoms with van der Waals surface area (Å²) in [4.78, 5) is 12.6. The van der Waals surface area contributed by atoms with Gasteiger partial charge in [0.05, 0.1) is 23.1 Å². The van der Waals surface area contributed by atoms with E-state index in [9.17, 15) is 4.79 Å². The zero-order chi connectivity index (χ0) is 20.3. The molecule has 0 radical (unpaired) electrons. The highest BCUT2D eigenvalue weighted by Crippen LogP contribution is 2.29. The fourth-order valence-electron chi connectivity index (χ4n) is 2.41. The van der Waals surface area contributed by atoms with Crippen LogP contribution in [0.25, 0.3) is 5.69 Å². The van der Waals surface area contributed by atoms with Crippen LogP contribution in [0.5, 0.6) is 5.75 Å². The molecule has 0 spiro atoms. The van der Waals surface area contributed by atoms with Gasteiger partial charge in [-0.2, -0.15) is 0 Å². The molecule has 0 saturated heterocycles. The molecule has 1 N–H and O–H groups in total. The standard InChI is InChI=1S/C19H18Cl2N4O2S/c1-11-4-6-14(9-15(11)20)25-10-22-24-19(25)28-12(2)18(26)23-13-5-7-17(27-3)16(21)8-13/h4-10,12H,1-3H3,(H,23,26). The van der Waals surface area contributed by atoms with Crippen molar-refractivity contribution in [3.8, 4) is 11.4 Å². The molecular weight excluding hydrogens is 419 g/mol. The second kappa shape index (κ2) is 8.86. The Hall–Kier alpha value is -2.22. The molecular formula is C19H18Cl2N4O2S. The highest BCUT2D eigenvalue weighted by Gasteiger charge is 2.19. The van der Waals surface area contributed by atoms with Gasteiger partial charge in [0.25, 0.3) is 0 Å². The van der Waals surface area contributed by atoms with Gasteiger partial charge in [-0.1, -0.05) is 41.0 Å². The number of halogens is 2. The molecule has 0 aliphatic rings. The summed E-state index contributed by atoms with van der Waals surface area (Å²) in [5.74, 6) is 0.370. The van der Waals surface area contributed by atoms with Gasteiger partial charge in [0.15, 0.2) is 5.16 Å². The van der Waals surface area contributed by atoms with Crippen LogP contribution in [0.4, 0.5) is 5.69 Å². The molecule has 146 valence electrons. The van der Waals surface area contributed by atoms with Crippen molar-refractivity contribution in [1.82, 2.24) is 14.8 Å². The Morgan fingerprint density at radius 3 is 2.68 bits per heavy atom. The zero-order valence-electron chi connectivity index (χ0n) is 15.4. The van der Waals surface area contributed by atoms with Crippen molar-refractivity contribution in [3.63, 3.8) is 0 Å². The van der Waals surface area contributed by atoms with Crippen LogP contribution in [0, 0.1) is 6.92 Å². The first-order chi connectivity index (χ1) is 13.4. The predicted molar refractivity (Wildman–Crippen MR) is 113 cm³/mol. The van der Waals surface area contributed by atoms with E-state index in [4.69, 9.17) is 27.9 Å². The predicted octanol–water partition coefficient (Wildman–Crippen LogP) is 5.01. The fourth-order valence-corrected chi connectivity index (χ4v) is 3.69. The normalized spacial score (nSPS) is 11.9. The Labute approximate surface area is 177 Å². The first-order valence-electron chi connectivity index (χ1n) is 8.36. The number of nitrogens with zero attached hydrogens (tertiary/aromatic N) is 3. The van der Waals surface area contributed by atoms with Crippen LogP contribution in [-0.2, 0) is 4.79 Å². The Bertz CT molecular complexity index is 1010. The number of hydrogen-bond donors (Lipinski definition) is 1. The molecule has 0 aliphatic heterocycles. The summed E-state index contributed by atoms with van der Waals surface area (Å²) in [6.45, 7) is 3.73. The van der Waals surface area contributed by atoms with Gasteiger partial charge < -0.3 is 10.1 Å². The van der Waals surface area contributed by atoms with Crippen LogP contribution in [-0.4, -0.2) is 33.0 Å². The number of carbonyl (C=O) groups is 1. The molecule has 0 fully saturated rings. The van der Waals surface area contributed by atoms with Crippen LogP contribution in [0.2, 0.25) is 10.0 Å². The fraction of sp³-hybridized carbons (Fsp3) is 0.211. The third kappa shape index (κ3) is 4.60. The minimum absolute atomic E-state index is 0.178. The molecule has 3 aromatic rings. The second-order valence-electron chi connectivity index (χ2n) is 6.02.